The number of nitrogens with zero attached hydrogens (tertiary/aromatic N) is 1. The third-order valence-corrected chi connectivity index (χ3v) is 5.29. The molecule has 1 aromatic heterocycles. The van der Waals surface area contributed by atoms with Gasteiger partial charge in [0.2, 0.25) is 0 Å². The Kier molecular flexibility index (Phi) is 6.87. The number of esters is 1. The first kappa shape index (κ1) is 21.5. The quantitative estimate of drug-likeness (QED) is 0.435. The SMILES string of the molecule is COC(=O)c1c(NC(=S)Nc2cccc(C(C)=O)c2)sc(C(=O)N(C)C)c1C. The Morgan fingerprint density at radius 2 is 1.86 bits per heavy atom. The van der Waals surface area contributed by atoms with Crippen molar-refractivity contribution >= 4 is 57.0 Å². The maximum atomic E-state index is 12.4. The molecule has 1 amide bonds. The Morgan fingerprint density at radius 1 is 1.18 bits per heavy atom. The largest absolute Gasteiger partial charge is 0.465 e. The molecule has 2 N–H and O–H groups in total. The summed E-state index contributed by atoms with van der Waals surface area (Å²) in [5.74, 6) is -0.833. The first-order valence-electron chi connectivity index (χ1n) is 8.28. The van der Waals surface area contributed by atoms with Crippen molar-refractivity contribution < 1.29 is 19.1 Å². The third-order valence-electron chi connectivity index (χ3n) is 3.89. The number of nitrogens with one attached hydrogen (secondary N) is 2. The molecule has 0 spiro atoms. The Hall–Kier alpha value is -2.78. The van der Waals surface area contributed by atoms with Crippen molar-refractivity contribution in [3.8, 4) is 0 Å². The number of carbonyl (C=O) groups is 3. The predicted octanol–water partition coefficient (Wildman–Crippen LogP) is 3.56. The second-order valence-electron chi connectivity index (χ2n) is 6.17. The molecule has 0 aliphatic carbocycles. The molecule has 0 fully saturated rings. The van der Waals surface area contributed by atoms with Crippen LogP contribution in [0.2, 0.25) is 0 Å². The first-order valence-corrected chi connectivity index (χ1v) is 9.50. The van der Waals surface area contributed by atoms with Crippen molar-refractivity contribution in [3.63, 3.8) is 0 Å². The van der Waals surface area contributed by atoms with Crippen LogP contribution in [0.3, 0.4) is 0 Å². The van der Waals surface area contributed by atoms with E-state index in [4.69, 9.17) is 17.0 Å². The molecule has 0 aliphatic heterocycles. The van der Waals surface area contributed by atoms with Crippen LogP contribution in [-0.2, 0) is 4.74 Å². The number of carbonyl (C=O) groups excluding carboxylic acids is 3. The summed E-state index contributed by atoms with van der Waals surface area (Å²) < 4.78 is 4.85. The number of ether oxygens (including phenoxy) is 1. The summed E-state index contributed by atoms with van der Waals surface area (Å²) in [6.07, 6.45) is 0. The van der Waals surface area contributed by atoms with Gasteiger partial charge in [0, 0.05) is 25.3 Å². The van der Waals surface area contributed by atoms with Crippen LogP contribution >= 0.6 is 23.6 Å². The summed E-state index contributed by atoms with van der Waals surface area (Å²) in [4.78, 5) is 38.0. The molecule has 7 nitrogen and oxygen atoms in total. The van der Waals surface area contributed by atoms with Crippen molar-refractivity contribution in [1.29, 1.82) is 0 Å². The maximum absolute atomic E-state index is 12.4. The van der Waals surface area contributed by atoms with Gasteiger partial charge in [-0.25, -0.2) is 4.79 Å². The molecule has 0 bridgehead atoms. The second-order valence-corrected chi connectivity index (χ2v) is 7.60. The number of thiocarbonyl (C=S) groups is 1. The minimum Gasteiger partial charge on any atom is -0.465 e. The number of methoxy groups -OCH3 is 1. The number of benzene rings is 1. The molecule has 148 valence electrons. The van der Waals surface area contributed by atoms with Gasteiger partial charge in [-0.1, -0.05) is 12.1 Å². The van der Waals surface area contributed by atoms with E-state index in [1.54, 1.807) is 45.3 Å². The van der Waals surface area contributed by atoms with Crippen molar-refractivity contribution in [1.82, 2.24) is 4.90 Å². The van der Waals surface area contributed by atoms with E-state index in [0.29, 0.717) is 26.7 Å². The van der Waals surface area contributed by atoms with Gasteiger partial charge in [-0.05, 0) is 43.8 Å². The van der Waals surface area contributed by atoms with Crippen LogP contribution in [0.1, 0.15) is 42.9 Å². The van der Waals surface area contributed by atoms with Crippen molar-refractivity contribution in [3.05, 3.63) is 45.8 Å². The first-order chi connectivity index (χ1) is 13.1. The van der Waals surface area contributed by atoms with E-state index < -0.39 is 5.97 Å². The van der Waals surface area contributed by atoms with Crippen molar-refractivity contribution in [2.75, 3.05) is 31.8 Å². The minimum atomic E-state index is -0.560. The standard InChI is InChI=1S/C19H21N3O4S2/c1-10-14(18(25)26-5)16(28-15(10)17(24)22(3)4)21-19(27)20-13-8-6-7-12(9-13)11(2)23/h6-9H,1-5H3,(H2,20,21,27). The number of anilines is 2. The normalized spacial score (nSPS) is 10.2. The number of ketones is 1. The fraction of sp³-hybridized carbons (Fsp3) is 0.263. The molecular formula is C19H21N3O4S2. The van der Waals surface area contributed by atoms with Gasteiger partial charge in [0.25, 0.3) is 5.91 Å². The molecule has 0 radical (unpaired) electrons. The van der Waals surface area contributed by atoms with Gasteiger partial charge in [-0.2, -0.15) is 0 Å². The highest BCUT2D eigenvalue weighted by atomic mass is 32.1. The molecule has 9 heteroatoms. The van der Waals surface area contributed by atoms with Crippen LogP contribution in [0.25, 0.3) is 0 Å². The van der Waals surface area contributed by atoms with E-state index in [2.05, 4.69) is 10.6 Å². The van der Waals surface area contributed by atoms with Gasteiger partial charge in [-0.15, -0.1) is 11.3 Å². The molecule has 0 saturated carbocycles. The summed E-state index contributed by atoms with van der Waals surface area (Å²) in [6.45, 7) is 3.17. The highest BCUT2D eigenvalue weighted by molar-refractivity contribution is 7.80. The summed E-state index contributed by atoms with van der Waals surface area (Å²) in [7, 11) is 4.56. The minimum absolute atomic E-state index is 0.0590. The van der Waals surface area contributed by atoms with E-state index in [1.807, 2.05) is 0 Å². The molecule has 0 aliphatic rings. The fourth-order valence-electron chi connectivity index (χ4n) is 2.44. The van der Waals surface area contributed by atoms with Crippen LogP contribution in [0.4, 0.5) is 10.7 Å². The van der Waals surface area contributed by atoms with Gasteiger partial charge >= 0.3 is 5.97 Å². The van der Waals surface area contributed by atoms with Crippen molar-refractivity contribution in [2.45, 2.75) is 13.8 Å². The van der Waals surface area contributed by atoms with Gasteiger partial charge in [-0.3, -0.25) is 9.59 Å². The fourth-order valence-corrected chi connectivity index (χ4v) is 3.94. The van der Waals surface area contributed by atoms with E-state index in [1.165, 1.54) is 18.9 Å². The van der Waals surface area contributed by atoms with E-state index in [9.17, 15) is 14.4 Å². The Morgan fingerprint density at radius 3 is 2.43 bits per heavy atom. The number of hydrogen-bond acceptors (Lipinski definition) is 6. The lowest BCUT2D eigenvalue weighted by Crippen LogP contribution is -2.21. The van der Waals surface area contributed by atoms with Crippen LogP contribution in [0.5, 0.6) is 0 Å². The molecular weight excluding hydrogens is 398 g/mol. The monoisotopic (exact) mass is 419 g/mol. The lowest BCUT2D eigenvalue weighted by molar-refractivity contribution is 0.0601. The van der Waals surface area contributed by atoms with E-state index in [0.717, 1.165) is 11.3 Å². The van der Waals surface area contributed by atoms with Crippen molar-refractivity contribution in [2.24, 2.45) is 0 Å². The zero-order chi connectivity index (χ0) is 21.0. The molecule has 1 heterocycles. The molecule has 28 heavy (non-hydrogen) atoms. The highest BCUT2D eigenvalue weighted by Crippen LogP contribution is 2.34. The lowest BCUT2D eigenvalue weighted by Gasteiger charge is -2.11. The number of hydrogen-bond donors (Lipinski definition) is 2. The number of Topliss-reactive ketones (excluding diaryl/α,β-unsaturated/α-hetero) is 1. The molecule has 2 aromatic rings. The molecule has 1 aromatic carbocycles. The Bertz CT molecular complexity index is 951. The molecule has 0 atom stereocenters. The zero-order valence-corrected chi connectivity index (χ0v) is 17.8. The molecule has 0 saturated heterocycles. The maximum Gasteiger partial charge on any atom is 0.341 e. The van der Waals surface area contributed by atoms with Crippen LogP contribution < -0.4 is 10.6 Å². The summed E-state index contributed by atoms with van der Waals surface area (Å²) >= 11 is 6.46. The average molecular weight is 420 g/mol. The third kappa shape index (κ3) is 4.73. The molecule has 2 rings (SSSR count). The number of rotatable bonds is 5. The summed E-state index contributed by atoms with van der Waals surface area (Å²) in [5.41, 5.74) is 1.97. The van der Waals surface area contributed by atoms with Gasteiger partial charge < -0.3 is 20.3 Å². The van der Waals surface area contributed by atoms with Crippen LogP contribution in [-0.4, -0.2) is 48.9 Å². The predicted molar refractivity (Wildman–Crippen MR) is 115 cm³/mol. The summed E-state index contributed by atoms with van der Waals surface area (Å²) in [6, 6.07) is 6.90. The van der Waals surface area contributed by atoms with Gasteiger partial charge in [0.05, 0.1) is 17.6 Å². The average Bonchev–Trinajstić information content (AvgIpc) is 2.96. The van der Waals surface area contributed by atoms with Crippen LogP contribution in [0, 0.1) is 6.92 Å². The summed E-state index contributed by atoms with van der Waals surface area (Å²) in [5, 5.41) is 6.57. The molecule has 0 unspecified atom stereocenters. The number of thiophene rings is 1. The Labute approximate surface area is 172 Å². The highest BCUT2D eigenvalue weighted by Gasteiger charge is 2.26. The Balaban J connectivity index is 2.31. The zero-order valence-electron chi connectivity index (χ0n) is 16.2. The lowest BCUT2D eigenvalue weighted by atomic mass is 10.1. The van der Waals surface area contributed by atoms with Gasteiger partial charge in [0.1, 0.15) is 5.00 Å². The van der Waals surface area contributed by atoms with Gasteiger partial charge in [0.15, 0.2) is 10.9 Å². The van der Waals surface area contributed by atoms with E-state index >= 15 is 0 Å². The second kappa shape index (κ2) is 8.94. The van der Waals surface area contributed by atoms with Crippen LogP contribution in [0.15, 0.2) is 24.3 Å². The van der Waals surface area contributed by atoms with E-state index in [-0.39, 0.29) is 22.4 Å². The number of amides is 1. The smallest absolute Gasteiger partial charge is 0.341 e. The topological polar surface area (TPSA) is 87.7 Å².